The van der Waals surface area contributed by atoms with E-state index in [-0.39, 0.29) is 0 Å². The van der Waals surface area contributed by atoms with E-state index in [1.807, 2.05) is 13.0 Å². The Hall–Kier alpha value is -0.580. The predicted octanol–water partition coefficient (Wildman–Crippen LogP) is 3.21. The van der Waals surface area contributed by atoms with Gasteiger partial charge in [0.1, 0.15) is 5.75 Å². The summed E-state index contributed by atoms with van der Waals surface area (Å²) in [5.41, 5.74) is 2.01. The minimum Gasteiger partial charge on any atom is -0.507 e. The van der Waals surface area contributed by atoms with E-state index in [1.165, 1.54) is 0 Å². The SMILES string of the molecule is CCC[C@H](c1cc(Br)cc(C)c1O)N1CCNCC1. The Morgan fingerprint density at radius 3 is 2.68 bits per heavy atom. The molecule has 1 atom stereocenters. The van der Waals surface area contributed by atoms with Crippen molar-refractivity contribution in [2.75, 3.05) is 26.2 Å². The zero-order valence-electron chi connectivity index (χ0n) is 11.7. The molecular weight excluding hydrogens is 304 g/mol. The van der Waals surface area contributed by atoms with E-state index < -0.39 is 0 Å². The second-order valence-corrected chi connectivity index (χ2v) is 6.17. The Kier molecular flexibility index (Phi) is 5.25. The maximum absolute atomic E-state index is 10.4. The molecule has 0 aromatic heterocycles. The third-order valence-corrected chi connectivity index (χ3v) is 4.27. The van der Waals surface area contributed by atoms with E-state index in [4.69, 9.17) is 0 Å². The molecule has 19 heavy (non-hydrogen) atoms. The van der Waals surface area contributed by atoms with Crippen LogP contribution in [0.4, 0.5) is 0 Å². The summed E-state index contributed by atoms with van der Waals surface area (Å²) >= 11 is 3.55. The van der Waals surface area contributed by atoms with Crippen LogP contribution in [0.15, 0.2) is 16.6 Å². The van der Waals surface area contributed by atoms with E-state index in [0.29, 0.717) is 11.8 Å². The van der Waals surface area contributed by atoms with Crippen LogP contribution in [0, 0.1) is 6.92 Å². The predicted molar refractivity (Wildman–Crippen MR) is 82.6 cm³/mol. The number of phenols is 1. The molecule has 0 aliphatic carbocycles. The van der Waals surface area contributed by atoms with Crippen LogP contribution in [0.25, 0.3) is 0 Å². The highest BCUT2D eigenvalue weighted by molar-refractivity contribution is 9.10. The van der Waals surface area contributed by atoms with Crippen molar-refractivity contribution in [3.63, 3.8) is 0 Å². The Labute approximate surface area is 124 Å². The summed E-state index contributed by atoms with van der Waals surface area (Å²) in [6.07, 6.45) is 2.21. The standard InChI is InChI=1S/C15H23BrN2O/c1-3-4-14(18-7-5-17-6-8-18)13-10-12(16)9-11(2)15(13)19/h9-10,14,17,19H,3-8H2,1-2H3/t14-/m1/s1. The zero-order chi connectivity index (χ0) is 13.8. The number of hydrogen-bond acceptors (Lipinski definition) is 3. The number of nitrogens with zero attached hydrogens (tertiary/aromatic N) is 1. The topological polar surface area (TPSA) is 35.5 Å². The molecule has 1 saturated heterocycles. The Morgan fingerprint density at radius 1 is 1.37 bits per heavy atom. The van der Waals surface area contributed by atoms with Crippen molar-refractivity contribution in [1.29, 1.82) is 0 Å². The van der Waals surface area contributed by atoms with E-state index in [2.05, 4.69) is 39.1 Å². The smallest absolute Gasteiger partial charge is 0.123 e. The molecule has 0 amide bonds. The first-order valence-corrected chi connectivity index (χ1v) is 7.86. The lowest BCUT2D eigenvalue weighted by atomic mass is 9.97. The molecule has 0 radical (unpaired) electrons. The molecular formula is C15H23BrN2O. The Bertz CT molecular complexity index is 430. The van der Waals surface area contributed by atoms with Gasteiger partial charge in [0.05, 0.1) is 0 Å². The number of rotatable bonds is 4. The fraction of sp³-hybridized carbons (Fsp3) is 0.600. The summed E-state index contributed by atoms with van der Waals surface area (Å²) in [4.78, 5) is 2.49. The van der Waals surface area contributed by atoms with Gasteiger partial charge in [0.25, 0.3) is 0 Å². The number of piperazine rings is 1. The average molecular weight is 327 g/mol. The van der Waals surface area contributed by atoms with Gasteiger partial charge in [-0.3, -0.25) is 4.90 Å². The molecule has 0 saturated carbocycles. The summed E-state index contributed by atoms with van der Waals surface area (Å²) in [6.45, 7) is 8.34. The largest absolute Gasteiger partial charge is 0.507 e. The highest BCUT2D eigenvalue weighted by Gasteiger charge is 2.24. The van der Waals surface area contributed by atoms with Crippen LogP contribution in [0.2, 0.25) is 0 Å². The number of aromatic hydroxyl groups is 1. The number of phenolic OH excluding ortho intramolecular Hbond substituents is 1. The van der Waals surface area contributed by atoms with Crippen molar-refractivity contribution >= 4 is 15.9 Å². The van der Waals surface area contributed by atoms with E-state index in [9.17, 15) is 5.11 Å². The van der Waals surface area contributed by atoms with Crippen LogP contribution in [0.3, 0.4) is 0 Å². The van der Waals surface area contributed by atoms with Crippen LogP contribution < -0.4 is 5.32 Å². The van der Waals surface area contributed by atoms with Crippen LogP contribution >= 0.6 is 15.9 Å². The first-order chi connectivity index (χ1) is 9.13. The van der Waals surface area contributed by atoms with Gasteiger partial charge in [-0.05, 0) is 31.0 Å². The Morgan fingerprint density at radius 2 is 2.05 bits per heavy atom. The average Bonchev–Trinajstić information content (AvgIpc) is 2.41. The van der Waals surface area contributed by atoms with Crippen LogP contribution in [-0.2, 0) is 0 Å². The quantitative estimate of drug-likeness (QED) is 0.891. The summed E-state index contributed by atoms with van der Waals surface area (Å²) in [6, 6.07) is 4.37. The van der Waals surface area contributed by atoms with Crippen molar-refractivity contribution in [2.24, 2.45) is 0 Å². The van der Waals surface area contributed by atoms with E-state index >= 15 is 0 Å². The molecule has 1 fully saturated rings. The van der Waals surface area contributed by atoms with Crippen molar-refractivity contribution in [2.45, 2.75) is 32.7 Å². The fourth-order valence-corrected chi connectivity index (χ4v) is 3.41. The third-order valence-electron chi connectivity index (χ3n) is 3.81. The van der Waals surface area contributed by atoms with Crippen LogP contribution in [0.5, 0.6) is 5.75 Å². The molecule has 3 nitrogen and oxygen atoms in total. The molecule has 0 spiro atoms. The monoisotopic (exact) mass is 326 g/mol. The van der Waals surface area contributed by atoms with Gasteiger partial charge in [0.15, 0.2) is 0 Å². The van der Waals surface area contributed by atoms with Crippen molar-refractivity contribution in [3.8, 4) is 5.75 Å². The minimum atomic E-state index is 0.322. The highest BCUT2D eigenvalue weighted by Crippen LogP contribution is 2.36. The number of hydrogen-bond donors (Lipinski definition) is 2. The lowest BCUT2D eigenvalue weighted by molar-refractivity contribution is 0.162. The van der Waals surface area contributed by atoms with E-state index in [1.54, 1.807) is 0 Å². The molecule has 1 heterocycles. The fourth-order valence-electron chi connectivity index (χ4n) is 2.82. The molecule has 0 bridgehead atoms. The molecule has 1 aliphatic heterocycles. The van der Waals surface area contributed by atoms with Crippen molar-refractivity contribution in [1.82, 2.24) is 10.2 Å². The van der Waals surface area contributed by atoms with Gasteiger partial charge >= 0.3 is 0 Å². The molecule has 4 heteroatoms. The van der Waals surface area contributed by atoms with Gasteiger partial charge in [-0.2, -0.15) is 0 Å². The summed E-state index contributed by atoms with van der Waals surface area (Å²) in [5.74, 6) is 0.459. The molecule has 2 N–H and O–H groups in total. The lowest BCUT2D eigenvalue weighted by Crippen LogP contribution is -2.45. The van der Waals surface area contributed by atoms with Gasteiger partial charge < -0.3 is 10.4 Å². The molecule has 1 aromatic rings. The summed E-state index contributed by atoms with van der Waals surface area (Å²) in [5, 5.41) is 13.8. The van der Waals surface area contributed by atoms with Gasteiger partial charge in [0.2, 0.25) is 0 Å². The number of nitrogens with one attached hydrogen (secondary N) is 1. The maximum Gasteiger partial charge on any atom is 0.123 e. The second-order valence-electron chi connectivity index (χ2n) is 5.25. The highest BCUT2D eigenvalue weighted by atomic mass is 79.9. The van der Waals surface area contributed by atoms with Gasteiger partial charge in [-0.25, -0.2) is 0 Å². The first-order valence-electron chi connectivity index (χ1n) is 7.07. The van der Waals surface area contributed by atoms with Crippen molar-refractivity contribution < 1.29 is 5.11 Å². The third kappa shape index (κ3) is 3.50. The van der Waals surface area contributed by atoms with Gasteiger partial charge in [0, 0.05) is 42.3 Å². The van der Waals surface area contributed by atoms with Crippen LogP contribution in [-0.4, -0.2) is 36.2 Å². The van der Waals surface area contributed by atoms with Crippen molar-refractivity contribution in [3.05, 3.63) is 27.7 Å². The molecule has 1 aromatic carbocycles. The summed E-state index contributed by atoms with van der Waals surface area (Å²) in [7, 11) is 0. The lowest BCUT2D eigenvalue weighted by Gasteiger charge is -2.35. The zero-order valence-corrected chi connectivity index (χ0v) is 13.3. The Balaban J connectivity index is 2.32. The maximum atomic E-state index is 10.4. The minimum absolute atomic E-state index is 0.322. The van der Waals surface area contributed by atoms with Gasteiger partial charge in [-0.15, -0.1) is 0 Å². The summed E-state index contributed by atoms with van der Waals surface area (Å²) < 4.78 is 1.05. The normalized spacial score (nSPS) is 18.5. The number of benzene rings is 1. The number of aryl methyl sites for hydroxylation is 1. The molecule has 1 aliphatic rings. The first kappa shape index (κ1) is 14.8. The molecule has 0 unspecified atom stereocenters. The van der Waals surface area contributed by atoms with Crippen LogP contribution in [0.1, 0.15) is 36.9 Å². The van der Waals surface area contributed by atoms with E-state index in [0.717, 1.165) is 54.6 Å². The molecule has 106 valence electrons. The number of halogens is 1. The van der Waals surface area contributed by atoms with Gasteiger partial charge in [-0.1, -0.05) is 29.3 Å². The second kappa shape index (κ2) is 6.73. The molecule has 2 rings (SSSR count).